The van der Waals surface area contributed by atoms with Gasteiger partial charge in [0.05, 0.1) is 0 Å². The predicted octanol–water partition coefficient (Wildman–Crippen LogP) is 1.86. The van der Waals surface area contributed by atoms with Crippen molar-refractivity contribution in [3.05, 3.63) is 0 Å². The standard InChI is InChI=1S/C13H24N2/c1-4-5-6-9-14-13-7-10-15(11-8-13)12(2)3/h1,12-14H,5-11H2,2-3H3. The second-order valence-electron chi connectivity index (χ2n) is 4.67. The third-order valence-corrected chi connectivity index (χ3v) is 3.19. The van der Waals surface area contributed by atoms with Gasteiger partial charge in [-0.2, -0.15) is 0 Å². The van der Waals surface area contributed by atoms with Crippen LogP contribution in [0.25, 0.3) is 0 Å². The van der Waals surface area contributed by atoms with Gasteiger partial charge in [-0.3, -0.25) is 0 Å². The number of nitrogens with one attached hydrogen (secondary N) is 1. The summed E-state index contributed by atoms with van der Waals surface area (Å²) in [5, 5.41) is 3.59. The van der Waals surface area contributed by atoms with Gasteiger partial charge < -0.3 is 10.2 Å². The highest BCUT2D eigenvalue weighted by atomic mass is 15.2. The average Bonchev–Trinajstić information content (AvgIpc) is 2.25. The van der Waals surface area contributed by atoms with Crippen molar-refractivity contribution in [1.29, 1.82) is 0 Å². The van der Waals surface area contributed by atoms with Crippen molar-refractivity contribution < 1.29 is 0 Å². The topological polar surface area (TPSA) is 15.3 Å². The van der Waals surface area contributed by atoms with Crippen LogP contribution in [0.15, 0.2) is 0 Å². The van der Waals surface area contributed by atoms with E-state index in [0.717, 1.165) is 25.4 Å². The molecule has 0 spiro atoms. The zero-order chi connectivity index (χ0) is 11.1. The molecule has 0 aliphatic carbocycles. The number of hydrogen-bond acceptors (Lipinski definition) is 2. The third-order valence-electron chi connectivity index (χ3n) is 3.19. The normalized spacial score (nSPS) is 19.3. The van der Waals surface area contributed by atoms with Gasteiger partial charge in [0.1, 0.15) is 0 Å². The number of unbranched alkanes of at least 4 members (excludes halogenated alkanes) is 1. The minimum Gasteiger partial charge on any atom is -0.314 e. The molecule has 2 heteroatoms. The number of terminal acetylenes is 1. The molecule has 0 aromatic heterocycles. The molecule has 1 heterocycles. The van der Waals surface area contributed by atoms with E-state index in [0.29, 0.717) is 6.04 Å². The van der Waals surface area contributed by atoms with E-state index < -0.39 is 0 Å². The van der Waals surface area contributed by atoms with Gasteiger partial charge in [-0.1, -0.05) is 0 Å². The smallest absolute Gasteiger partial charge is 0.00981 e. The average molecular weight is 208 g/mol. The van der Waals surface area contributed by atoms with Crippen LogP contribution in [0.1, 0.15) is 39.5 Å². The second kappa shape index (κ2) is 6.87. The van der Waals surface area contributed by atoms with Gasteiger partial charge in [-0.15, -0.1) is 12.3 Å². The van der Waals surface area contributed by atoms with Crippen LogP contribution in [-0.4, -0.2) is 36.6 Å². The highest BCUT2D eigenvalue weighted by Gasteiger charge is 2.19. The highest BCUT2D eigenvalue weighted by molar-refractivity contribution is 4.84. The maximum atomic E-state index is 5.21. The van der Waals surface area contributed by atoms with E-state index >= 15 is 0 Å². The molecule has 0 atom stereocenters. The maximum Gasteiger partial charge on any atom is 0.00981 e. The van der Waals surface area contributed by atoms with Crippen LogP contribution in [0.3, 0.4) is 0 Å². The number of piperidine rings is 1. The van der Waals surface area contributed by atoms with Gasteiger partial charge in [0.25, 0.3) is 0 Å². The first-order chi connectivity index (χ1) is 7.24. The molecule has 1 N–H and O–H groups in total. The summed E-state index contributed by atoms with van der Waals surface area (Å²) in [4.78, 5) is 2.56. The summed E-state index contributed by atoms with van der Waals surface area (Å²) in [6, 6.07) is 1.42. The number of likely N-dealkylation sites (tertiary alicyclic amines) is 1. The summed E-state index contributed by atoms with van der Waals surface area (Å²) in [5.41, 5.74) is 0. The largest absolute Gasteiger partial charge is 0.314 e. The summed E-state index contributed by atoms with van der Waals surface area (Å²) >= 11 is 0. The van der Waals surface area contributed by atoms with Crippen molar-refractivity contribution >= 4 is 0 Å². The molecule has 1 aliphatic heterocycles. The molecule has 0 bridgehead atoms. The molecule has 0 saturated carbocycles. The lowest BCUT2D eigenvalue weighted by Crippen LogP contribution is -2.45. The van der Waals surface area contributed by atoms with Crippen LogP contribution in [0.2, 0.25) is 0 Å². The molecule has 86 valence electrons. The first-order valence-electron chi connectivity index (χ1n) is 6.15. The van der Waals surface area contributed by atoms with Crippen molar-refractivity contribution in [2.75, 3.05) is 19.6 Å². The predicted molar refractivity (Wildman–Crippen MR) is 65.8 cm³/mol. The Morgan fingerprint density at radius 3 is 2.60 bits per heavy atom. The van der Waals surface area contributed by atoms with Crippen LogP contribution in [0.5, 0.6) is 0 Å². The Hall–Kier alpha value is -0.520. The first kappa shape index (κ1) is 12.5. The van der Waals surface area contributed by atoms with Crippen LogP contribution in [-0.2, 0) is 0 Å². The molecule has 0 aromatic carbocycles. The molecule has 2 nitrogen and oxygen atoms in total. The third kappa shape index (κ3) is 4.68. The summed E-state index contributed by atoms with van der Waals surface area (Å²) < 4.78 is 0. The molecule has 1 rings (SSSR count). The van der Waals surface area contributed by atoms with Crippen molar-refractivity contribution in [3.63, 3.8) is 0 Å². The second-order valence-corrected chi connectivity index (χ2v) is 4.67. The van der Waals surface area contributed by atoms with Gasteiger partial charge >= 0.3 is 0 Å². The molecule has 1 saturated heterocycles. The lowest BCUT2D eigenvalue weighted by molar-refractivity contribution is 0.161. The van der Waals surface area contributed by atoms with Gasteiger partial charge in [-0.25, -0.2) is 0 Å². The summed E-state index contributed by atoms with van der Waals surface area (Å²) in [6.07, 6.45) is 9.80. The van der Waals surface area contributed by atoms with E-state index in [1.165, 1.54) is 25.9 Å². The van der Waals surface area contributed by atoms with Crippen LogP contribution >= 0.6 is 0 Å². The van der Waals surface area contributed by atoms with E-state index in [9.17, 15) is 0 Å². The van der Waals surface area contributed by atoms with Gasteiger partial charge in [0.15, 0.2) is 0 Å². The Balaban J connectivity index is 2.07. The fourth-order valence-corrected chi connectivity index (χ4v) is 2.12. The molecule has 0 aromatic rings. The number of hydrogen-bond donors (Lipinski definition) is 1. The molecule has 0 radical (unpaired) electrons. The minimum atomic E-state index is 0.701. The SMILES string of the molecule is C#CCCCNC1CCN(C(C)C)CC1. The fourth-order valence-electron chi connectivity index (χ4n) is 2.12. The lowest BCUT2D eigenvalue weighted by Gasteiger charge is -2.35. The zero-order valence-corrected chi connectivity index (χ0v) is 10.1. The van der Waals surface area contributed by atoms with Gasteiger partial charge in [-0.05, 0) is 52.7 Å². The van der Waals surface area contributed by atoms with E-state index in [1.54, 1.807) is 0 Å². The van der Waals surface area contributed by atoms with E-state index in [-0.39, 0.29) is 0 Å². The molecule has 15 heavy (non-hydrogen) atoms. The van der Waals surface area contributed by atoms with Crippen LogP contribution in [0, 0.1) is 12.3 Å². The number of rotatable bonds is 5. The fraction of sp³-hybridized carbons (Fsp3) is 0.846. The molecule has 0 unspecified atom stereocenters. The summed E-state index contributed by atoms with van der Waals surface area (Å²) in [7, 11) is 0. The lowest BCUT2D eigenvalue weighted by atomic mass is 10.0. The Labute approximate surface area is 94.4 Å². The maximum absolute atomic E-state index is 5.21. The van der Waals surface area contributed by atoms with Gasteiger partial charge in [0, 0.05) is 18.5 Å². The Bertz CT molecular complexity index is 197. The zero-order valence-electron chi connectivity index (χ0n) is 10.1. The van der Waals surface area contributed by atoms with Crippen LogP contribution in [0.4, 0.5) is 0 Å². The quantitative estimate of drug-likeness (QED) is 0.548. The first-order valence-corrected chi connectivity index (χ1v) is 6.15. The van der Waals surface area contributed by atoms with E-state index in [4.69, 9.17) is 6.42 Å². The van der Waals surface area contributed by atoms with E-state index in [1.807, 2.05) is 0 Å². The Kier molecular flexibility index (Phi) is 5.75. The molecule has 0 amide bonds. The Morgan fingerprint density at radius 1 is 1.40 bits per heavy atom. The van der Waals surface area contributed by atoms with Crippen molar-refractivity contribution in [3.8, 4) is 12.3 Å². The summed E-state index contributed by atoms with van der Waals surface area (Å²) in [5.74, 6) is 2.68. The van der Waals surface area contributed by atoms with Gasteiger partial charge in [0.2, 0.25) is 0 Å². The highest BCUT2D eigenvalue weighted by Crippen LogP contribution is 2.12. The molecule has 1 aliphatic rings. The molecular formula is C13H24N2. The van der Waals surface area contributed by atoms with Crippen LogP contribution < -0.4 is 5.32 Å². The molecule has 1 fully saturated rings. The van der Waals surface area contributed by atoms with Crippen molar-refractivity contribution in [2.45, 2.75) is 51.6 Å². The van der Waals surface area contributed by atoms with Crippen molar-refractivity contribution in [1.82, 2.24) is 10.2 Å². The summed E-state index contributed by atoms with van der Waals surface area (Å²) in [6.45, 7) is 8.12. The van der Waals surface area contributed by atoms with Crippen molar-refractivity contribution in [2.24, 2.45) is 0 Å². The number of nitrogens with zero attached hydrogens (tertiary/aromatic N) is 1. The minimum absolute atomic E-state index is 0.701. The van der Waals surface area contributed by atoms with E-state index in [2.05, 4.69) is 30.0 Å². The molecular weight excluding hydrogens is 184 g/mol. The monoisotopic (exact) mass is 208 g/mol. The Morgan fingerprint density at radius 2 is 2.07 bits per heavy atom.